The predicted molar refractivity (Wildman–Crippen MR) is 81.7 cm³/mol. The van der Waals surface area contributed by atoms with Crippen LogP contribution in [0.15, 0.2) is 18.2 Å². The Kier molecular flexibility index (Phi) is 4.88. The molecule has 0 saturated heterocycles. The summed E-state index contributed by atoms with van der Waals surface area (Å²) in [4.78, 5) is 23.6. The highest BCUT2D eigenvalue weighted by atomic mass is 35.5. The molecular formula is C16H20ClNO3. The van der Waals surface area contributed by atoms with Crippen LogP contribution in [0.4, 0.5) is 0 Å². The van der Waals surface area contributed by atoms with Gasteiger partial charge in [0.15, 0.2) is 0 Å². The molecular weight excluding hydrogens is 290 g/mol. The number of carbonyl (C=O) groups is 2. The molecule has 4 nitrogen and oxygen atoms in total. The summed E-state index contributed by atoms with van der Waals surface area (Å²) < 4.78 is 0. The monoisotopic (exact) mass is 309 g/mol. The smallest absolute Gasteiger partial charge is 0.305 e. The van der Waals surface area contributed by atoms with Gasteiger partial charge >= 0.3 is 5.97 Å². The van der Waals surface area contributed by atoms with Gasteiger partial charge in [0.2, 0.25) is 0 Å². The molecule has 0 heterocycles. The lowest BCUT2D eigenvalue weighted by atomic mass is 9.79. The van der Waals surface area contributed by atoms with E-state index in [1.165, 1.54) is 0 Å². The zero-order chi connectivity index (χ0) is 15.5. The minimum atomic E-state index is -0.875. The SMILES string of the molecule is Cc1cc(Cl)cc(C(=O)NC2(CC(=O)O)CCCCC2)c1. The fraction of sp³-hybridized carbons (Fsp3) is 0.500. The van der Waals surface area contributed by atoms with E-state index >= 15 is 0 Å². The average Bonchev–Trinajstić information content (AvgIpc) is 2.37. The van der Waals surface area contributed by atoms with Crippen LogP contribution in [-0.2, 0) is 4.79 Å². The van der Waals surface area contributed by atoms with E-state index < -0.39 is 11.5 Å². The molecule has 21 heavy (non-hydrogen) atoms. The molecule has 0 bridgehead atoms. The number of benzene rings is 1. The van der Waals surface area contributed by atoms with Gasteiger partial charge in [0, 0.05) is 10.6 Å². The van der Waals surface area contributed by atoms with Crippen LogP contribution >= 0.6 is 11.6 Å². The summed E-state index contributed by atoms with van der Waals surface area (Å²) in [6.07, 6.45) is 4.38. The number of carboxylic acids is 1. The second kappa shape index (κ2) is 6.48. The largest absolute Gasteiger partial charge is 0.481 e. The van der Waals surface area contributed by atoms with Gasteiger partial charge in [-0.05, 0) is 43.5 Å². The number of hydrogen-bond donors (Lipinski definition) is 2. The third-order valence-electron chi connectivity index (χ3n) is 3.98. The zero-order valence-electron chi connectivity index (χ0n) is 12.1. The second-order valence-corrected chi connectivity index (χ2v) is 6.32. The van der Waals surface area contributed by atoms with E-state index in [-0.39, 0.29) is 12.3 Å². The molecule has 0 spiro atoms. The van der Waals surface area contributed by atoms with Gasteiger partial charge in [0.05, 0.1) is 12.0 Å². The Labute approximate surface area is 129 Å². The molecule has 0 radical (unpaired) electrons. The van der Waals surface area contributed by atoms with E-state index in [0.717, 1.165) is 24.8 Å². The van der Waals surface area contributed by atoms with E-state index in [4.69, 9.17) is 16.7 Å². The molecule has 0 aromatic heterocycles. The van der Waals surface area contributed by atoms with Crippen molar-refractivity contribution in [2.75, 3.05) is 0 Å². The molecule has 114 valence electrons. The van der Waals surface area contributed by atoms with Crippen molar-refractivity contribution in [3.05, 3.63) is 34.3 Å². The molecule has 0 aliphatic heterocycles. The topological polar surface area (TPSA) is 66.4 Å². The fourth-order valence-corrected chi connectivity index (χ4v) is 3.33. The van der Waals surface area contributed by atoms with Crippen molar-refractivity contribution in [3.63, 3.8) is 0 Å². The van der Waals surface area contributed by atoms with Crippen molar-refractivity contribution in [2.45, 2.75) is 51.0 Å². The standard InChI is InChI=1S/C16H20ClNO3/c1-11-7-12(9-13(17)8-11)15(21)18-16(10-14(19)20)5-3-2-4-6-16/h7-9H,2-6,10H2,1H3,(H,18,21)(H,19,20). The van der Waals surface area contributed by atoms with E-state index in [0.29, 0.717) is 23.4 Å². The molecule has 5 heteroatoms. The van der Waals surface area contributed by atoms with Crippen LogP contribution in [0.3, 0.4) is 0 Å². The van der Waals surface area contributed by atoms with Gasteiger partial charge in [0.1, 0.15) is 0 Å². The lowest BCUT2D eigenvalue weighted by Gasteiger charge is -2.37. The van der Waals surface area contributed by atoms with Crippen LogP contribution in [0.25, 0.3) is 0 Å². The van der Waals surface area contributed by atoms with Crippen molar-refractivity contribution in [1.82, 2.24) is 5.32 Å². The van der Waals surface area contributed by atoms with Crippen LogP contribution < -0.4 is 5.32 Å². The van der Waals surface area contributed by atoms with Gasteiger partial charge in [0.25, 0.3) is 5.91 Å². The Hall–Kier alpha value is -1.55. The molecule has 1 saturated carbocycles. The molecule has 2 N–H and O–H groups in total. The quantitative estimate of drug-likeness (QED) is 0.893. The summed E-state index contributed by atoms with van der Waals surface area (Å²) in [5, 5.41) is 12.6. The predicted octanol–water partition coefficient (Wildman–Crippen LogP) is 3.56. The summed E-state index contributed by atoms with van der Waals surface area (Å²) >= 11 is 5.98. The number of carbonyl (C=O) groups excluding carboxylic acids is 1. The maximum atomic E-state index is 12.4. The van der Waals surface area contributed by atoms with Crippen LogP contribution in [0.5, 0.6) is 0 Å². The summed E-state index contributed by atoms with van der Waals surface area (Å²) in [5.41, 5.74) is 0.760. The van der Waals surface area contributed by atoms with Crippen molar-refractivity contribution in [2.24, 2.45) is 0 Å². The molecule has 2 rings (SSSR count). The molecule has 1 amide bonds. The highest BCUT2D eigenvalue weighted by Gasteiger charge is 2.36. The van der Waals surface area contributed by atoms with Gasteiger partial charge in [-0.1, -0.05) is 30.9 Å². The maximum Gasteiger partial charge on any atom is 0.305 e. The van der Waals surface area contributed by atoms with E-state index in [2.05, 4.69) is 5.32 Å². The average molecular weight is 310 g/mol. The minimum absolute atomic E-state index is 0.0295. The molecule has 1 aliphatic rings. The first-order chi connectivity index (χ1) is 9.90. The van der Waals surface area contributed by atoms with Gasteiger partial charge in [-0.3, -0.25) is 9.59 Å². The van der Waals surface area contributed by atoms with Crippen molar-refractivity contribution in [3.8, 4) is 0 Å². The Morgan fingerprint density at radius 3 is 2.48 bits per heavy atom. The van der Waals surface area contributed by atoms with Gasteiger partial charge < -0.3 is 10.4 Å². The molecule has 1 aromatic rings. The summed E-state index contributed by atoms with van der Waals surface area (Å²) in [6, 6.07) is 5.16. The molecule has 1 fully saturated rings. The first kappa shape index (κ1) is 15.8. The molecule has 0 atom stereocenters. The fourth-order valence-electron chi connectivity index (χ4n) is 3.04. The second-order valence-electron chi connectivity index (χ2n) is 5.88. The Morgan fingerprint density at radius 2 is 1.90 bits per heavy atom. The van der Waals surface area contributed by atoms with E-state index in [1.54, 1.807) is 18.2 Å². The van der Waals surface area contributed by atoms with Crippen LogP contribution in [0.2, 0.25) is 5.02 Å². The third kappa shape index (κ3) is 4.21. The van der Waals surface area contributed by atoms with E-state index in [1.807, 2.05) is 6.92 Å². The Morgan fingerprint density at radius 1 is 1.24 bits per heavy atom. The normalized spacial score (nSPS) is 17.2. The lowest BCUT2D eigenvalue weighted by molar-refractivity contribution is -0.139. The third-order valence-corrected chi connectivity index (χ3v) is 4.20. The number of rotatable bonds is 4. The maximum absolute atomic E-state index is 12.4. The molecule has 0 unspecified atom stereocenters. The number of nitrogens with one attached hydrogen (secondary N) is 1. The summed E-state index contributed by atoms with van der Waals surface area (Å²) in [5.74, 6) is -1.12. The highest BCUT2D eigenvalue weighted by Crippen LogP contribution is 2.31. The van der Waals surface area contributed by atoms with Crippen molar-refractivity contribution < 1.29 is 14.7 Å². The minimum Gasteiger partial charge on any atom is -0.481 e. The molecule has 1 aromatic carbocycles. The number of aryl methyl sites for hydroxylation is 1. The van der Waals surface area contributed by atoms with Gasteiger partial charge in [-0.2, -0.15) is 0 Å². The van der Waals surface area contributed by atoms with Crippen molar-refractivity contribution in [1.29, 1.82) is 0 Å². The van der Waals surface area contributed by atoms with Crippen LogP contribution in [-0.4, -0.2) is 22.5 Å². The summed E-state index contributed by atoms with van der Waals surface area (Å²) in [6.45, 7) is 1.87. The zero-order valence-corrected chi connectivity index (χ0v) is 12.9. The van der Waals surface area contributed by atoms with Gasteiger partial charge in [-0.15, -0.1) is 0 Å². The molecule has 1 aliphatic carbocycles. The van der Waals surface area contributed by atoms with Crippen LogP contribution in [0, 0.1) is 6.92 Å². The number of halogens is 1. The highest BCUT2D eigenvalue weighted by molar-refractivity contribution is 6.31. The van der Waals surface area contributed by atoms with Crippen molar-refractivity contribution >= 4 is 23.5 Å². The number of aliphatic carboxylic acids is 1. The Bertz CT molecular complexity index is 530. The van der Waals surface area contributed by atoms with E-state index in [9.17, 15) is 9.59 Å². The summed E-state index contributed by atoms with van der Waals surface area (Å²) in [7, 11) is 0. The number of hydrogen-bond acceptors (Lipinski definition) is 2. The number of carboxylic acid groups (broad SMARTS) is 1. The first-order valence-corrected chi connectivity index (χ1v) is 7.60. The van der Waals surface area contributed by atoms with Gasteiger partial charge in [-0.25, -0.2) is 0 Å². The lowest BCUT2D eigenvalue weighted by Crippen LogP contribution is -2.51. The number of amides is 1. The first-order valence-electron chi connectivity index (χ1n) is 7.22. The Balaban J connectivity index is 2.19. The van der Waals surface area contributed by atoms with Crippen LogP contribution in [0.1, 0.15) is 54.4 Å².